The van der Waals surface area contributed by atoms with Crippen LogP contribution in [0.3, 0.4) is 0 Å². The lowest BCUT2D eigenvalue weighted by atomic mass is 10.2. The van der Waals surface area contributed by atoms with Gasteiger partial charge in [0.25, 0.3) is 0 Å². The maximum absolute atomic E-state index is 12.2. The molecule has 1 aliphatic rings. The number of likely N-dealkylation sites (tertiary alicyclic amines) is 1. The van der Waals surface area contributed by atoms with Crippen LogP contribution in [0, 0.1) is 0 Å². The second kappa shape index (κ2) is 6.90. The van der Waals surface area contributed by atoms with Crippen molar-refractivity contribution in [3.8, 4) is 0 Å². The largest absolute Gasteiger partial charge is 0.478 e. The van der Waals surface area contributed by atoms with Gasteiger partial charge in [0.05, 0.1) is 12.6 Å². The van der Waals surface area contributed by atoms with Gasteiger partial charge < -0.3 is 20.4 Å². The number of carboxylic acid groups (broad SMARTS) is 1. The first-order valence-electron chi connectivity index (χ1n) is 6.79. The molecule has 1 aromatic carbocycles. The molecular formula is C15H18N2O4. The number of rotatable bonds is 4. The second-order valence-electron chi connectivity index (χ2n) is 4.90. The number of aliphatic carboxylic acids is 1. The Morgan fingerprint density at radius 2 is 2.24 bits per heavy atom. The first kappa shape index (κ1) is 15.1. The minimum Gasteiger partial charge on any atom is -0.478 e. The zero-order valence-corrected chi connectivity index (χ0v) is 11.5. The van der Waals surface area contributed by atoms with Gasteiger partial charge in [0.1, 0.15) is 0 Å². The van der Waals surface area contributed by atoms with E-state index in [-0.39, 0.29) is 18.7 Å². The number of nitrogens with one attached hydrogen (secondary N) is 1. The molecule has 1 heterocycles. The number of nitrogens with zero attached hydrogens (tertiary/aromatic N) is 1. The third-order valence-electron chi connectivity index (χ3n) is 3.41. The SMILES string of the molecule is O=C(O)/C=C/c1cccc(NC(=O)N2CCCC2CO)c1. The van der Waals surface area contributed by atoms with Crippen LogP contribution in [0.1, 0.15) is 18.4 Å². The Hall–Kier alpha value is -2.34. The van der Waals surface area contributed by atoms with E-state index in [0.29, 0.717) is 17.8 Å². The summed E-state index contributed by atoms with van der Waals surface area (Å²) < 4.78 is 0. The monoisotopic (exact) mass is 290 g/mol. The second-order valence-corrected chi connectivity index (χ2v) is 4.90. The van der Waals surface area contributed by atoms with E-state index < -0.39 is 5.97 Å². The molecule has 1 aromatic rings. The van der Waals surface area contributed by atoms with Crippen LogP contribution in [0.5, 0.6) is 0 Å². The van der Waals surface area contributed by atoms with Gasteiger partial charge in [-0.25, -0.2) is 9.59 Å². The van der Waals surface area contributed by atoms with E-state index in [4.69, 9.17) is 5.11 Å². The molecule has 1 aliphatic heterocycles. The average Bonchev–Trinajstić information content (AvgIpc) is 2.94. The molecule has 0 bridgehead atoms. The lowest BCUT2D eigenvalue weighted by Gasteiger charge is -2.23. The molecular weight excluding hydrogens is 272 g/mol. The zero-order valence-electron chi connectivity index (χ0n) is 11.5. The fourth-order valence-corrected chi connectivity index (χ4v) is 2.38. The number of carbonyl (C=O) groups excluding carboxylic acids is 1. The molecule has 2 amide bonds. The molecule has 6 heteroatoms. The number of carboxylic acids is 1. The predicted molar refractivity (Wildman–Crippen MR) is 78.9 cm³/mol. The molecule has 1 saturated heterocycles. The Bertz CT molecular complexity index is 556. The number of amides is 2. The summed E-state index contributed by atoms with van der Waals surface area (Å²) in [5, 5.41) is 20.6. The van der Waals surface area contributed by atoms with Crippen molar-refractivity contribution >= 4 is 23.8 Å². The van der Waals surface area contributed by atoms with Gasteiger partial charge in [0.15, 0.2) is 0 Å². The third kappa shape index (κ3) is 4.06. The van der Waals surface area contributed by atoms with Crippen LogP contribution in [0.4, 0.5) is 10.5 Å². The maximum atomic E-state index is 12.2. The maximum Gasteiger partial charge on any atom is 0.328 e. The van der Waals surface area contributed by atoms with Crippen LogP contribution < -0.4 is 5.32 Å². The van der Waals surface area contributed by atoms with Crippen molar-refractivity contribution in [2.45, 2.75) is 18.9 Å². The van der Waals surface area contributed by atoms with E-state index in [1.807, 2.05) is 0 Å². The molecule has 21 heavy (non-hydrogen) atoms. The number of carbonyl (C=O) groups is 2. The van der Waals surface area contributed by atoms with Crippen LogP contribution >= 0.6 is 0 Å². The van der Waals surface area contributed by atoms with Crippen LogP contribution in [-0.2, 0) is 4.79 Å². The van der Waals surface area contributed by atoms with Crippen LogP contribution in [0.2, 0.25) is 0 Å². The molecule has 0 spiro atoms. The third-order valence-corrected chi connectivity index (χ3v) is 3.41. The average molecular weight is 290 g/mol. The molecule has 2 rings (SSSR count). The van der Waals surface area contributed by atoms with E-state index in [2.05, 4.69) is 5.32 Å². The van der Waals surface area contributed by atoms with Gasteiger partial charge in [-0.15, -0.1) is 0 Å². The summed E-state index contributed by atoms with van der Waals surface area (Å²) in [6.07, 6.45) is 4.21. The Morgan fingerprint density at radius 1 is 1.43 bits per heavy atom. The highest BCUT2D eigenvalue weighted by Crippen LogP contribution is 2.19. The summed E-state index contributed by atoms with van der Waals surface area (Å²) in [6.45, 7) is 0.602. The lowest BCUT2D eigenvalue weighted by molar-refractivity contribution is -0.131. The van der Waals surface area contributed by atoms with Crippen molar-refractivity contribution in [1.29, 1.82) is 0 Å². The highest BCUT2D eigenvalue weighted by atomic mass is 16.4. The van der Waals surface area contributed by atoms with E-state index in [0.717, 1.165) is 18.9 Å². The summed E-state index contributed by atoms with van der Waals surface area (Å²) in [5.74, 6) is -1.02. The van der Waals surface area contributed by atoms with Gasteiger partial charge in [-0.1, -0.05) is 12.1 Å². The smallest absolute Gasteiger partial charge is 0.328 e. The highest BCUT2D eigenvalue weighted by molar-refractivity contribution is 5.90. The molecule has 1 atom stereocenters. The summed E-state index contributed by atoms with van der Waals surface area (Å²) in [7, 11) is 0. The van der Waals surface area contributed by atoms with Gasteiger partial charge in [-0.05, 0) is 36.6 Å². The fraction of sp³-hybridized carbons (Fsp3) is 0.333. The highest BCUT2D eigenvalue weighted by Gasteiger charge is 2.27. The van der Waals surface area contributed by atoms with Crippen molar-refractivity contribution in [1.82, 2.24) is 4.90 Å². The van der Waals surface area contributed by atoms with Gasteiger partial charge in [0, 0.05) is 18.3 Å². The summed E-state index contributed by atoms with van der Waals surface area (Å²) in [5.41, 5.74) is 1.28. The van der Waals surface area contributed by atoms with Gasteiger partial charge in [0.2, 0.25) is 0 Å². The molecule has 6 nitrogen and oxygen atoms in total. The molecule has 0 radical (unpaired) electrons. The number of aliphatic hydroxyl groups is 1. The quantitative estimate of drug-likeness (QED) is 0.737. The van der Waals surface area contributed by atoms with Crippen LogP contribution in [0.25, 0.3) is 6.08 Å². The number of benzene rings is 1. The minimum absolute atomic E-state index is 0.0329. The number of hydrogen-bond donors (Lipinski definition) is 3. The molecule has 0 aromatic heterocycles. The molecule has 0 saturated carbocycles. The number of aliphatic hydroxyl groups excluding tert-OH is 1. The molecule has 1 fully saturated rings. The van der Waals surface area contributed by atoms with Crippen LogP contribution in [0.15, 0.2) is 30.3 Å². The Labute approximate surface area is 122 Å². The zero-order chi connectivity index (χ0) is 15.2. The Balaban J connectivity index is 2.04. The van der Waals surface area contributed by atoms with E-state index in [1.165, 1.54) is 6.08 Å². The first-order valence-corrected chi connectivity index (χ1v) is 6.79. The molecule has 3 N–H and O–H groups in total. The Kier molecular flexibility index (Phi) is 4.94. The first-order chi connectivity index (χ1) is 10.1. The fourth-order valence-electron chi connectivity index (χ4n) is 2.38. The standard InChI is InChI=1S/C15H18N2O4/c18-10-13-5-2-8-17(13)15(21)16-12-4-1-3-11(9-12)6-7-14(19)20/h1,3-4,6-7,9,13,18H,2,5,8,10H2,(H,16,21)(H,19,20)/b7-6+. The van der Waals surface area contributed by atoms with E-state index in [9.17, 15) is 14.7 Å². The van der Waals surface area contributed by atoms with Crippen molar-refractivity contribution in [2.75, 3.05) is 18.5 Å². The summed E-state index contributed by atoms with van der Waals surface area (Å²) in [4.78, 5) is 24.3. The Morgan fingerprint density at radius 3 is 2.95 bits per heavy atom. The van der Waals surface area contributed by atoms with Crippen molar-refractivity contribution in [3.63, 3.8) is 0 Å². The minimum atomic E-state index is -1.02. The van der Waals surface area contributed by atoms with Gasteiger partial charge >= 0.3 is 12.0 Å². The van der Waals surface area contributed by atoms with E-state index in [1.54, 1.807) is 29.2 Å². The van der Waals surface area contributed by atoms with Crippen molar-refractivity contribution < 1.29 is 19.8 Å². The van der Waals surface area contributed by atoms with Crippen LogP contribution in [-0.4, -0.2) is 46.3 Å². The van der Waals surface area contributed by atoms with E-state index >= 15 is 0 Å². The van der Waals surface area contributed by atoms with Gasteiger partial charge in [-0.3, -0.25) is 0 Å². The molecule has 1 unspecified atom stereocenters. The summed E-state index contributed by atoms with van der Waals surface area (Å²) in [6, 6.07) is 6.55. The number of anilines is 1. The van der Waals surface area contributed by atoms with Crippen molar-refractivity contribution in [3.05, 3.63) is 35.9 Å². The topological polar surface area (TPSA) is 89.9 Å². The number of urea groups is 1. The summed E-state index contributed by atoms with van der Waals surface area (Å²) >= 11 is 0. The normalized spacial score (nSPS) is 18.1. The van der Waals surface area contributed by atoms with Gasteiger partial charge in [-0.2, -0.15) is 0 Å². The van der Waals surface area contributed by atoms with Crippen molar-refractivity contribution in [2.24, 2.45) is 0 Å². The molecule has 112 valence electrons. The lowest BCUT2D eigenvalue weighted by Crippen LogP contribution is -2.40. The molecule has 0 aliphatic carbocycles. The predicted octanol–water partition coefficient (Wildman–Crippen LogP) is 1.77. The number of hydrogen-bond acceptors (Lipinski definition) is 3.